The van der Waals surface area contributed by atoms with Gasteiger partial charge in [0.15, 0.2) is 0 Å². The van der Waals surface area contributed by atoms with Gasteiger partial charge in [-0.2, -0.15) is 0 Å². The molecule has 0 spiro atoms. The Balaban J connectivity index is 2.26. The van der Waals surface area contributed by atoms with Gasteiger partial charge in [0.25, 0.3) is 5.91 Å². The molecule has 1 heterocycles. The third-order valence-corrected chi connectivity index (χ3v) is 3.13. The van der Waals surface area contributed by atoms with Crippen molar-refractivity contribution in [1.82, 2.24) is 10.2 Å². The zero-order valence-electron chi connectivity index (χ0n) is 11.4. The molecule has 104 valence electrons. The summed E-state index contributed by atoms with van der Waals surface area (Å²) in [5.41, 5.74) is 7.56. The monoisotopic (exact) mass is 271 g/mol. The Morgan fingerprint density at radius 1 is 1.50 bits per heavy atom. The first-order chi connectivity index (χ1) is 9.61. The minimum absolute atomic E-state index is 0.108. The molecule has 2 amide bonds. The molecule has 5 heteroatoms. The standard InChI is InChI=1S/C15H17N3O2/c1-11-4-5-12(3-2-6-16)9-13(11)15(20)18-8-7-17-14(19)10-18/h4-5,9H,6-8,10,16H2,1H3,(H,17,19). The fraction of sp³-hybridized carbons (Fsp3) is 0.333. The molecule has 1 aromatic rings. The van der Waals surface area contributed by atoms with Gasteiger partial charge in [-0.1, -0.05) is 17.9 Å². The summed E-state index contributed by atoms with van der Waals surface area (Å²) in [6.07, 6.45) is 0. The molecule has 0 bridgehead atoms. The van der Waals surface area contributed by atoms with Gasteiger partial charge in [-0.25, -0.2) is 0 Å². The van der Waals surface area contributed by atoms with Gasteiger partial charge < -0.3 is 16.0 Å². The van der Waals surface area contributed by atoms with E-state index in [0.717, 1.165) is 11.1 Å². The highest BCUT2D eigenvalue weighted by Gasteiger charge is 2.23. The Morgan fingerprint density at radius 3 is 3.00 bits per heavy atom. The zero-order chi connectivity index (χ0) is 14.5. The minimum Gasteiger partial charge on any atom is -0.353 e. The molecule has 2 rings (SSSR count). The first-order valence-corrected chi connectivity index (χ1v) is 6.47. The van der Waals surface area contributed by atoms with Gasteiger partial charge in [-0.05, 0) is 24.6 Å². The van der Waals surface area contributed by atoms with Crippen LogP contribution in [0.15, 0.2) is 18.2 Å². The number of aryl methyl sites for hydroxylation is 1. The molecule has 0 radical (unpaired) electrons. The van der Waals surface area contributed by atoms with Gasteiger partial charge in [-0.3, -0.25) is 9.59 Å². The van der Waals surface area contributed by atoms with Crippen LogP contribution in [-0.4, -0.2) is 42.9 Å². The van der Waals surface area contributed by atoms with Gasteiger partial charge in [0, 0.05) is 24.2 Å². The summed E-state index contributed by atoms with van der Waals surface area (Å²) in [4.78, 5) is 25.4. The quantitative estimate of drug-likeness (QED) is 0.699. The average molecular weight is 271 g/mol. The number of carbonyl (C=O) groups excluding carboxylic acids is 2. The lowest BCUT2D eigenvalue weighted by Gasteiger charge is -2.27. The van der Waals surface area contributed by atoms with Crippen LogP contribution in [0.4, 0.5) is 0 Å². The highest BCUT2D eigenvalue weighted by molar-refractivity contribution is 5.98. The SMILES string of the molecule is Cc1ccc(C#CCN)cc1C(=O)N1CCNC(=O)C1. The number of nitrogens with zero attached hydrogens (tertiary/aromatic N) is 1. The van der Waals surface area contributed by atoms with E-state index in [1.54, 1.807) is 11.0 Å². The summed E-state index contributed by atoms with van der Waals surface area (Å²) < 4.78 is 0. The van der Waals surface area contributed by atoms with Crippen molar-refractivity contribution >= 4 is 11.8 Å². The number of piperazine rings is 1. The predicted molar refractivity (Wildman–Crippen MR) is 76.0 cm³/mol. The van der Waals surface area contributed by atoms with Crippen LogP contribution < -0.4 is 11.1 Å². The smallest absolute Gasteiger partial charge is 0.254 e. The number of carbonyl (C=O) groups is 2. The second kappa shape index (κ2) is 6.22. The third-order valence-electron chi connectivity index (χ3n) is 3.13. The maximum Gasteiger partial charge on any atom is 0.254 e. The molecular weight excluding hydrogens is 254 g/mol. The van der Waals surface area contributed by atoms with Crippen molar-refractivity contribution in [3.63, 3.8) is 0 Å². The number of hydrogen-bond donors (Lipinski definition) is 2. The fourth-order valence-corrected chi connectivity index (χ4v) is 2.07. The fourth-order valence-electron chi connectivity index (χ4n) is 2.07. The van der Waals surface area contributed by atoms with Crippen molar-refractivity contribution in [3.05, 3.63) is 34.9 Å². The maximum absolute atomic E-state index is 12.5. The average Bonchev–Trinajstić information content (AvgIpc) is 2.45. The summed E-state index contributed by atoms with van der Waals surface area (Å²) >= 11 is 0. The van der Waals surface area contributed by atoms with E-state index in [-0.39, 0.29) is 24.9 Å². The predicted octanol–water partition coefficient (Wildman–Crippen LogP) is -0.123. The molecule has 1 saturated heterocycles. The minimum atomic E-state index is -0.131. The van der Waals surface area contributed by atoms with Crippen LogP contribution in [0.25, 0.3) is 0 Å². The second-order valence-electron chi connectivity index (χ2n) is 4.61. The highest BCUT2D eigenvalue weighted by atomic mass is 16.2. The van der Waals surface area contributed by atoms with Crippen LogP contribution in [0.1, 0.15) is 21.5 Å². The molecule has 0 saturated carbocycles. The normalized spacial score (nSPS) is 14.3. The van der Waals surface area contributed by atoms with Crippen molar-refractivity contribution in [2.75, 3.05) is 26.2 Å². The van der Waals surface area contributed by atoms with Gasteiger partial charge in [0.2, 0.25) is 5.91 Å². The number of nitrogens with two attached hydrogens (primary N) is 1. The first-order valence-electron chi connectivity index (χ1n) is 6.47. The molecule has 0 atom stereocenters. The molecule has 0 aliphatic carbocycles. The Morgan fingerprint density at radius 2 is 2.30 bits per heavy atom. The largest absolute Gasteiger partial charge is 0.353 e. The molecular formula is C15H17N3O2. The second-order valence-corrected chi connectivity index (χ2v) is 4.61. The van der Waals surface area contributed by atoms with E-state index in [1.807, 2.05) is 19.1 Å². The zero-order valence-corrected chi connectivity index (χ0v) is 11.4. The molecule has 0 unspecified atom stereocenters. The van der Waals surface area contributed by atoms with E-state index < -0.39 is 0 Å². The Hall–Kier alpha value is -2.32. The summed E-state index contributed by atoms with van der Waals surface area (Å²) in [6, 6.07) is 5.47. The van der Waals surface area contributed by atoms with Crippen LogP contribution in [0.2, 0.25) is 0 Å². The summed E-state index contributed by atoms with van der Waals surface area (Å²) in [6.45, 7) is 3.29. The van der Waals surface area contributed by atoms with Crippen molar-refractivity contribution in [2.45, 2.75) is 6.92 Å². The van der Waals surface area contributed by atoms with Gasteiger partial charge >= 0.3 is 0 Å². The van der Waals surface area contributed by atoms with E-state index in [1.165, 1.54) is 0 Å². The molecule has 3 N–H and O–H groups in total. The van der Waals surface area contributed by atoms with Crippen molar-refractivity contribution < 1.29 is 9.59 Å². The van der Waals surface area contributed by atoms with Crippen LogP contribution in [0, 0.1) is 18.8 Å². The van der Waals surface area contributed by atoms with E-state index in [4.69, 9.17) is 5.73 Å². The molecule has 1 aromatic carbocycles. The van der Waals surface area contributed by atoms with Crippen LogP contribution in [0.5, 0.6) is 0 Å². The van der Waals surface area contributed by atoms with Crippen molar-refractivity contribution in [2.24, 2.45) is 5.73 Å². The Bertz CT molecular complexity index is 599. The van der Waals surface area contributed by atoms with Gasteiger partial charge in [0.1, 0.15) is 0 Å². The lowest BCUT2D eigenvalue weighted by molar-refractivity contribution is -0.123. The lowest BCUT2D eigenvalue weighted by Crippen LogP contribution is -2.50. The number of benzene rings is 1. The topological polar surface area (TPSA) is 75.4 Å². The Kier molecular flexibility index (Phi) is 4.38. The van der Waals surface area contributed by atoms with Gasteiger partial charge in [-0.15, -0.1) is 0 Å². The maximum atomic E-state index is 12.5. The van der Waals surface area contributed by atoms with Gasteiger partial charge in [0.05, 0.1) is 13.1 Å². The Labute approximate surface area is 118 Å². The van der Waals surface area contributed by atoms with E-state index >= 15 is 0 Å². The molecule has 1 aliphatic heterocycles. The van der Waals surface area contributed by atoms with Crippen molar-refractivity contribution in [3.8, 4) is 11.8 Å². The number of amides is 2. The van der Waals surface area contributed by atoms with Crippen LogP contribution >= 0.6 is 0 Å². The summed E-state index contributed by atoms with van der Waals surface area (Å²) in [5.74, 6) is 5.42. The van der Waals surface area contributed by atoms with E-state index in [2.05, 4.69) is 17.2 Å². The summed E-state index contributed by atoms with van der Waals surface area (Å²) in [5, 5.41) is 2.70. The number of hydrogen-bond acceptors (Lipinski definition) is 3. The third kappa shape index (κ3) is 3.16. The molecule has 1 fully saturated rings. The van der Waals surface area contributed by atoms with E-state index in [0.29, 0.717) is 18.7 Å². The summed E-state index contributed by atoms with van der Waals surface area (Å²) in [7, 11) is 0. The molecule has 1 aliphatic rings. The highest BCUT2D eigenvalue weighted by Crippen LogP contribution is 2.14. The molecule has 20 heavy (non-hydrogen) atoms. The number of nitrogens with one attached hydrogen (secondary N) is 1. The molecule has 5 nitrogen and oxygen atoms in total. The number of rotatable bonds is 1. The van der Waals surface area contributed by atoms with Crippen molar-refractivity contribution in [1.29, 1.82) is 0 Å². The first kappa shape index (κ1) is 14.1. The van der Waals surface area contributed by atoms with Crippen LogP contribution in [0.3, 0.4) is 0 Å². The molecule has 0 aromatic heterocycles. The van der Waals surface area contributed by atoms with Crippen LogP contribution in [-0.2, 0) is 4.79 Å². The van der Waals surface area contributed by atoms with E-state index in [9.17, 15) is 9.59 Å². The lowest BCUT2D eigenvalue weighted by atomic mass is 10.0.